The van der Waals surface area contributed by atoms with Crippen molar-refractivity contribution in [1.82, 2.24) is 0 Å². The monoisotopic (exact) mass is 432 g/mol. The number of anilines is 2. The number of nitrogens with zero attached hydrogens (tertiary/aromatic N) is 1. The number of imide groups is 1. The SMILES string of the molecule is Cc1cccc(NC(=O)COC(=O)c2cccc(N3C(=O)[C@H]4CC=CC[C@H]4C3=O)c2)c1C. The molecule has 2 aromatic rings. The molecular formula is C25H24N2O5. The van der Waals surface area contributed by atoms with Crippen molar-refractivity contribution >= 4 is 35.1 Å². The predicted molar refractivity (Wildman–Crippen MR) is 119 cm³/mol. The number of aryl methyl sites for hydroxylation is 1. The van der Waals surface area contributed by atoms with E-state index >= 15 is 0 Å². The minimum Gasteiger partial charge on any atom is -0.452 e. The number of amides is 3. The van der Waals surface area contributed by atoms with Gasteiger partial charge in [0, 0.05) is 5.69 Å². The lowest BCUT2D eigenvalue weighted by atomic mass is 9.85. The lowest BCUT2D eigenvalue weighted by Gasteiger charge is -2.15. The van der Waals surface area contributed by atoms with Crippen LogP contribution in [-0.2, 0) is 19.1 Å². The Labute approximate surface area is 186 Å². The summed E-state index contributed by atoms with van der Waals surface area (Å²) in [6.07, 6.45) is 4.94. The Morgan fingerprint density at radius 3 is 2.34 bits per heavy atom. The molecule has 1 heterocycles. The number of carbonyl (C=O) groups is 4. The molecule has 2 aromatic carbocycles. The summed E-state index contributed by atoms with van der Waals surface area (Å²) in [5, 5.41) is 2.73. The van der Waals surface area contributed by atoms with Crippen LogP contribution in [0.15, 0.2) is 54.6 Å². The highest BCUT2D eigenvalue weighted by atomic mass is 16.5. The maximum absolute atomic E-state index is 12.8. The predicted octanol–water partition coefficient (Wildman–Crippen LogP) is 3.55. The molecule has 164 valence electrons. The van der Waals surface area contributed by atoms with Crippen molar-refractivity contribution in [2.45, 2.75) is 26.7 Å². The van der Waals surface area contributed by atoms with Gasteiger partial charge in [-0.3, -0.25) is 19.3 Å². The highest BCUT2D eigenvalue weighted by molar-refractivity contribution is 6.22. The third kappa shape index (κ3) is 4.06. The summed E-state index contributed by atoms with van der Waals surface area (Å²) in [4.78, 5) is 51.4. The van der Waals surface area contributed by atoms with Gasteiger partial charge in [0.1, 0.15) is 0 Å². The topological polar surface area (TPSA) is 92.8 Å². The van der Waals surface area contributed by atoms with Crippen LogP contribution < -0.4 is 10.2 Å². The summed E-state index contributed by atoms with van der Waals surface area (Å²) >= 11 is 0. The normalized spacial score (nSPS) is 19.6. The largest absolute Gasteiger partial charge is 0.452 e. The molecule has 0 saturated carbocycles. The standard InChI is InChI=1S/C25H24N2O5/c1-15-7-5-12-21(16(15)2)26-22(28)14-32-25(31)17-8-6-9-18(13-17)27-23(29)19-10-3-4-11-20(19)24(27)30/h3-9,12-13,19-20H,10-11,14H2,1-2H3,(H,26,28)/t19-,20+. The first-order valence-electron chi connectivity index (χ1n) is 10.5. The van der Waals surface area contributed by atoms with Crippen LogP contribution in [0.25, 0.3) is 0 Å². The molecule has 3 amide bonds. The highest BCUT2D eigenvalue weighted by Crippen LogP contribution is 2.37. The summed E-state index contributed by atoms with van der Waals surface area (Å²) in [6.45, 7) is 3.39. The molecule has 4 rings (SSSR count). The molecule has 1 N–H and O–H groups in total. The van der Waals surface area contributed by atoms with Crippen LogP contribution in [0.5, 0.6) is 0 Å². The first-order chi connectivity index (χ1) is 15.4. The van der Waals surface area contributed by atoms with Gasteiger partial charge in [-0.25, -0.2) is 4.79 Å². The Balaban J connectivity index is 1.41. The molecule has 1 saturated heterocycles. The smallest absolute Gasteiger partial charge is 0.338 e. The average molecular weight is 432 g/mol. The molecule has 0 unspecified atom stereocenters. The number of hydrogen-bond donors (Lipinski definition) is 1. The summed E-state index contributed by atoms with van der Waals surface area (Å²) in [5.74, 6) is -2.36. The first kappa shape index (κ1) is 21.5. The summed E-state index contributed by atoms with van der Waals surface area (Å²) in [6, 6.07) is 11.7. The Morgan fingerprint density at radius 2 is 1.66 bits per heavy atom. The van der Waals surface area contributed by atoms with Gasteiger partial charge in [0.15, 0.2) is 6.61 Å². The van der Waals surface area contributed by atoms with Crippen LogP contribution in [0, 0.1) is 25.7 Å². The maximum atomic E-state index is 12.8. The molecule has 1 fully saturated rings. The number of allylic oxidation sites excluding steroid dienone is 2. The molecule has 0 spiro atoms. The van der Waals surface area contributed by atoms with E-state index in [-0.39, 0.29) is 29.2 Å². The second-order valence-electron chi connectivity index (χ2n) is 8.09. The van der Waals surface area contributed by atoms with Gasteiger partial charge in [-0.15, -0.1) is 0 Å². The molecule has 2 atom stereocenters. The zero-order valence-electron chi connectivity index (χ0n) is 18.0. The molecule has 1 aliphatic carbocycles. The second kappa shape index (κ2) is 8.78. The fourth-order valence-electron chi connectivity index (χ4n) is 4.11. The minimum absolute atomic E-state index is 0.163. The highest BCUT2D eigenvalue weighted by Gasteiger charge is 2.47. The number of fused-ring (bicyclic) bond motifs is 1. The van der Waals surface area contributed by atoms with Crippen molar-refractivity contribution in [3.05, 3.63) is 71.3 Å². The van der Waals surface area contributed by atoms with Gasteiger partial charge in [0.2, 0.25) is 11.8 Å². The van der Waals surface area contributed by atoms with Crippen LogP contribution in [-0.4, -0.2) is 30.3 Å². The lowest BCUT2D eigenvalue weighted by Crippen LogP contribution is -2.31. The van der Waals surface area contributed by atoms with Gasteiger partial charge >= 0.3 is 5.97 Å². The van der Waals surface area contributed by atoms with Crippen LogP contribution >= 0.6 is 0 Å². The number of carbonyl (C=O) groups excluding carboxylic acids is 4. The molecule has 2 aliphatic rings. The van der Waals surface area contributed by atoms with Crippen LogP contribution in [0.1, 0.15) is 34.3 Å². The van der Waals surface area contributed by atoms with E-state index in [1.54, 1.807) is 18.2 Å². The molecule has 7 nitrogen and oxygen atoms in total. The number of rotatable bonds is 5. The maximum Gasteiger partial charge on any atom is 0.338 e. The Kier molecular flexibility index (Phi) is 5.90. The van der Waals surface area contributed by atoms with Gasteiger partial charge in [-0.2, -0.15) is 0 Å². The van der Waals surface area contributed by atoms with E-state index < -0.39 is 18.5 Å². The van der Waals surface area contributed by atoms with E-state index in [0.717, 1.165) is 16.0 Å². The quantitative estimate of drug-likeness (QED) is 0.443. The third-order valence-electron chi connectivity index (χ3n) is 6.06. The number of ether oxygens (including phenoxy) is 1. The fourth-order valence-corrected chi connectivity index (χ4v) is 4.11. The minimum atomic E-state index is -0.707. The Hall–Kier alpha value is -3.74. The van der Waals surface area contributed by atoms with E-state index in [2.05, 4.69) is 5.32 Å². The van der Waals surface area contributed by atoms with E-state index in [9.17, 15) is 19.2 Å². The van der Waals surface area contributed by atoms with E-state index in [4.69, 9.17) is 4.74 Å². The molecule has 7 heteroatoms. The van der Waals surface area contributed by atoms with Crippen molar-refractivity contribution in [2.24, 2.45) is 11.8 Å². The van der Waals surface area contributed by atoms with Gasteiger partial charge in [-0.05, 0) is 62.1 Å². The lowest BCUT2D eigenvalue weighted by molar-refractivity contribution is -0.122. The van der Waals surface area contributed by atoms with E-state index in [1.165, 1.54) is 12.1 Å². The molecular weight excluding hydrogens is 408 g/mol. The van der Waals surface area contributed by atoms with Gasteiger partial charge in [-0.1, -0.05) is 30.4 Å². The van der Waals surface area contributed by atoms with Crippen LogP contribution in [0.4, 0.5) is 11.4 Å². The molecule has 0 bridgehead atoms. The van der Waals surface area contributed by atoms with E-state index in [0.29, 0.717) is 24.2 Å². The van der Waals surface area contributed by atoms with Gasteiger partial charge in [0.05, 0.1) is 23.1 Å². The van der Waals surface area contributed by atoms with E-state index in [1.807, 2.05) is 38.1 Å². The summed E-state index contributed by atoms with van der Waals surface area (Å²) < 4.78 is 5.15. The van der Waals surface area contributed by atoms with Crippen molar-refractivity contribution in [2.75, 3.05) is 16.8 Å². The first-order valence-corrected chi connectivity index (χ1v) is 10.5. The molecule has 0 aromatic heterocycles. The third-order valence-corrected chi connectivity index (χ3v) is 6.06. The zero-order chi connectivity index (χ0) is 22.8. The Bertz CT molecular complexity index is 1110. The fraction of sp³-hybridized carbons (Fsp3) is 0.280. The van der Waals surface area contributed by atoms with Crippen LogP contribution in [0.2, 0.25) is 0 Å². The number of esters is 1. The van der Waals surface area contributed by atoms with Crippen molar-refractivity contribution in [3.8, 4) is 0 Å². The van der Waals surface area contributed by atoms with Crippen molar-refractivity contribution in [3.63, 3.8) is 0 Å². The zero-order valence-corrected chi connectivity index (χ0v) is 18.0. The summed E-state index contributed by atoms with van der Waals surface area (Å²) in [7, 11) is 0. The summed E-state index contributed by atoms with van der Waals surface area (Å²) in [5.41, 5.74) is 3.14. The Morgan fingerprint density at radius 1 is 1.00 bits per heavy atom. The van der Waals surface area contributed by atoms with Crippen LogP contribution in [0.3, 0.4) is 0 Å². The number of benzene rings is 2. The van der Waals surface area contributed by atoms with Gasteiger partial charge in [0.25, 0.3) is 5.91 Å². The average Bonchev–Trinajstić information content (AvgIpc) is 3.05. The molecule has 1 aliphatic heterocycles. The van der Waals surface area contributed by atoms with Crippen molar-refractivity contribution in [1.29, 1.82) is 0 Å². The van der Waals surface area contributed by atoms with Gasteiger partial charge < -0.3 is 10.1 Å². The molecule has 0 radical (unpaired) electrons. The second-order valence-corrected chi connectivity index (χ2v) is 8.09. The van der Waals surface area contributed by atoms with Crippen molar-refractivity contribution < 1.29 is 23.9 Å². The number of hydrogen-bond acceptors (Lipinski definition) is 5. The molecule has 32 heavy (non-hydrogen) atoms. The number of nitrogens with one attached hydrogen (secondary N) is 1.